The maximum absolute atomic E-state index is 9.55. The molecule has 0 fully saturated rings. The zero-order valence-corrected chi connectivity index (χ0v) is 12.0. The summed E-state index contributed by atoms with van der Waals surface area (Å²) in [7, 11) is 0. The lowest BCUT2D eigenvalue weighted by molar-refractivity contribution is -0.190. The quantitative estimate of drug-likeness (QED) is 0.707. The van der Waals surface area contributed by atoms with Crippen molar-refractivity contribution in [1.29, 1.82) is 0 Å². The van der Waals surface area contributed by atoms with Crippen LogP contribution in [0.25, 0.3) is 0 Å². The predicted octanol–water partition coefficient (Wildman–Crippen LogP) is 2.14. The summed E-state index contributed by atoms with van der Waals surface area (Å²) in [6.07, 6.45) is -1.89. The molecule has 0 amide bonds. The summed E-state index contributed by atoms with van der Waals surface area (Å²) in [5.41, 5.74) is -0.00357. The number of aliphatic hydroxyl groups is 2. The topological polar surface area (TPSA) is 58.9 Å². The van der Waals surface area contributed by atoms with Crippen LogP contribution in [0.1, 0.15) is 48.0 Å². The van der Waals surface area contributed by atoms with Crippen molar-refractivity contribution in [2.24, 2.45) is 10.8 Å². The van der Waals surface area contributed by atoms with Crippen LogP contribution in [-0.4, -0.2) is 36.0 Å². The monoisotopic (exact) mass is 248 g/mol. The molecule has 0 heterocycles. The van der Waals surface area contributed by atoms with Gasteiger partial charge in [0.25, 0.3) is 0 Å². The lowest BCUT2D eigenvalue weighted by Gasteiger charge is -2.24. The molecule has 0 radical (unpaired) electrons. The van der Waals surface area contributed by atoms with E-state index >= 15 is 0 Å². The number of aliphatic hydroxyl groups excluding tert-OH is 2. The lowest BCUT2D eigenvalue weighted by atomic mass is 9.98. The highest BCUT2D eigenvalue weighted by Gasteiger charge is 2.19. The molecular weight excluding hydrogens is 220 g/mol. The van der Waals surface area contributed by atoms with Crippen LogP contribution in [0.15, 0.2) is 0 Å². The normalized spacial score (nSPS) is 16.9. The van der Waals surface area contributed by atoms with Crippen molar-refractivity contribution in [2.75, 3.05) is 13.2 Å². The van der Waals surface area contributed by atoms with Crippen molar-refractivity contribution in [2.45, 2.75) is 60.5 Å². The predicted molar refractivity (Wildman–Crippen MR) is 67.4 cm³/mol. The van der Waals surface area contributed by atoms with Crippen molar-refractivity contribution in [1.82, 2.24) is 0 Å². The third-order valence-electron chi connectivity index (χ3n) is 1.82. The Morgan fingerprint density at radius 3 is 1.29 bits per heavy atom. The summed E-state index contributed by atoms with van der Waals surface area (Å²) in [4.78, 5) is 0. The average Bonchev–Trinajstić information content (AvgIpc) is 2.09. The first kappa shape index (κ1) is 16.8. The first-order chi connectivity index (χ1) is 7.49. The van der Waals surface area contributed by atoms with Crippen LogP contribution in [0.4, 0.5) is 0 Å². The van der Waals surface area contributed by atoms with Gasteiger partial charge in [0.2, 0.25) is 0 Å². The van der Waals surface area contributed by atoms with E-state index in [-0.39, 0.29) is 17.3 Å². The fourth-order valence-electron chi connectivity index (χ4n) is 1.00. The second-order valence-electron chi connectivity index (χ2n) is 6.89. The molecule has 0 rings (SSSR count). The maximum atomic E-state index is 9.55. The molecule has 0 aromatic rings. The Morgan fingerprint density at radius 2 is 1.06 bits per heavy atom. The van der Waals surface area contributed by atoms with Gasteiger partial charge in [-0.2, -0.15) is 0 Å². The minimum Gasteiger partial charge on any atom is -0.368 e. The lowest BCUT2D eigenvalue weighted by Crippen LogP contribution is -2.28. The Bertz CT molecular complexity index is 180. The third-order valence-corrected chi connectivity index (χ3v) is 1.82. The van der Waals surface area contributed by atoms with Gasteiger partial charge in [0.15, 0.2) is 12.6 Å². The van der Waals surface area contributed by atoms with Crippen molar-refractivity contribution in [3.05, 3.63) is 0 Å². The molecule has 0 spiro atoms. The largest absolute Gasteiger partial charge is 0.368 e. The van der Waals surface area contributed by atoms with Gasteiger partial charge in [-0.05, 0) is 10.8 Å². The smallest absolute Gasteiger partial charge is 0.159 e. The minimum atomic E-state index is -0.982. The molecule has 0 bridgehead atoms. The molecule has 2 atom stereocenters. The first-order valence-corrected chi connectivity index (χ1v) is 6.09. The summed E-state index contributed by atoms with van der Waals surface area (Å²) >= 11 is 0. The van der Waals surface area contributed by atoms with Crippen LogP contribution < -0.4 is 0 Å². The van der Waals surface area contributed by atoms with Gasteiger partial charge in [0.05, 0.1) is 13.2 Å². The summed E-state index contributed by atoms with van der Waals surface area (Å²) in [6, 6.07) is 0. The Labute approximate surface area is 105 Å². The molecule has 0 aromatic carbocycles. The second-order valence-corrected chi connectivity index (χ2v) is 6.89. The molecule has 0 aliphatic heterocycles. The molecule has 0 saturated carbocycles. The second kappa shape index (κ2) is 6.69. The van der Waals surface area contributed by atoms with Crippen molar-refractivity contribution < 1.29 is 19.7 Å². The van der Waals surface area contributed by atoms with Crippen LogP contribution >= 0.6 is 0 Å². The molecule has 2 N–H and O–H groups in total. The standard InChI is InChI=1S/C13H28O4/c1-12(2,3)8-16-10(14)7-11(15)17-9-13(4,5)6/h10-11,14-15H,7-9H2,1-6H3. The van der Waals surface area contributed by atoms with Crippen LogP contribution in [-0.2, 0) is 9.47 Å². The molecule has 0 saturated heterocycles. The van der Waals surface area contributed by atoms with E-state index in [4.69, 9.17) is 9.47 Å². The molecular formula is C13H28O4. The number of ether oxygens (including phenoxy) is 2. The molecule has 0 aliphatic rings. The Morgan fingerprint density at radius 1 is 0.765 bits per heavy atom. The van der Waals surface area contributed by atoms with Crippen LogP contribution in [0, 0.1) is 10.8 Å². The van der Waals surface area contributed by atoms with E-state index in [1.54, 1.807) is 0 Å². The fraction of sp³-hybridized carbons (Fsp3) is 1.00. The summed E-state index contributed by atoms with van der Waals surface area (Å²) < 4.78 is 10.4. The molecule has 4 nitrogen and oxygen atoms in total. The van der Waals surface area contributed by atoms with Gasteiger partial charge in [-0.15, -0.1) is 0 Å². The Balaban J connectivity index is 3.77. The highest BCUT2D eigenvalue weighted by Crippen LogP contribution is 2.17. The van der Waals surface area contributed by atoms with E-state index in [9.17, 15) is 10.2 Å². The van der Waals surface area contributed by atoms with Gasteiger partial charge in [-0.3, -0.25) is 0 Å². The summed E-state index contributed by atoms with van der Waals surface area (Å²) in [6.45, 7) is 13.0. The van der Waals surface area contributed by atoms with Gasteiger partial charge in [0.1, 0.15) is 0 Å². The van der Waals surface area contributed by atoms with Crippen LogP contribution in [0.5, 0.6) is 0 Å². The SMILES string of the molecule is CC(C)(C)COC(O)CC(O)OCC(C)(C)C. The molecule has 2 unspecified atom stereocenters. The van der Waals surface area contributed by atoms with Gasteiger partial charge in [0, 0.05) is 6.42 Å². The third kappa shape index (κ3) is 12.1. The average molecular weight is 248 g/mol. The van der Waals surface area contributed by atoms with E-state index in [0.29, 0.717) is 13.2 Å². The van der Waals surface area contributed by atoms with E-state index in [1.165, 1.54) is 0 Å². The molecule has 17 heavy (non-hydrogen) atoms. The highest BCUT2D eigenvalue weighted by atomic mass is 16.6. The van der Waals surface area contributed by atoms with E-state index < -0.39 is 12.6 Å². The molecule has 104 valence electrons. The van der Waals surface area contributed by atoms with Gasteiger partial charge >= 0.3 is 0 Å². The van der Waals surface area contributed by atoms with Gasteiger partial charge < -0.3 is 19.7 Å². The zero-order chi connectivity index (χ0) is 13.7. The van der Waals surface area contributed by atoms with Crippen LogP contribution in [0.2, 0.25) is 0 Å². The highest BCUT2D eigenvalue weighted by molar-refractivity contribution is 4.61. The van der Waals surface area contributed by atoms with E-state index in [1.807, 2.05) is 41.5 Å². The fourth-order valence-corrected chi connectivity index (χ4v) is 1.00. The van der Waals surface area contributed by atoms with E-state index in [2.05, 4.69) is 0 Å². The van der Waals surface area contributed by atoms with E-state index in [0.717, 1.165) is 0 Å². The van der Waals surface area contributed by atoms with Gasteiger partial charge in [-0.25, -0.2) is 0 Å². The first-order valence-electron chi connectivity index (χ1n) is 6.09. The zero-order valence-electron chi connectivity index (χ0n) is 12.0. The number of rotatable bonds is 6. The van der Waals surface area contributed by atoms with Crippen molar-refractivity contribution >= 4 is 0 Å². The molecule has 0 aromatic heterocycles. The summed E-state index contributed by atoms with van der Waals surface area (Å²) in [5.74, 6) is 0. The Hall–Kier alpha value is -0.160. The number of hydrogen-bond acceptors (Lipinski definition) is 4. The number of hydrogen-bond donors (Lipinski definition) is 2. The van der Waals surface area contributed by atoms with Gasteiger partial charge in [-0.1, -0.05) is 41.5 Å². The van der Waals surface area contributed by atoms with Crippen molar-refractivity contribution in [3.8, 4) is 0 Å². The van der Waals surface area contributed by atoms with Crippen molar-refractivity contribution in [3.63, 3.8) is 0 Å². The molecule has 0 aliphatic carbocycles. The summed E-state index contributed by atoms with van der Waals surface area (Å²) in [5, 5.41) is 19.1. The maximum Gasteiger partial charge on any atom is 0.159 e. The molecule has 4 heteroatoms. The van der Waals surface area contributed by atoms with Crippen LogP contribution in [0.3, 0.4) is 0 Å². The minimum absolute atomic E-state index is 0.00179. The Kier molecular flexibility index (Phi) is 6.62.